The van der Waals surface area contributed by atoms with Gasteiger partial charge in [0, 0.05) is 23.7 Å². The molecule has 0 saturated heterocycles. The first-order valence-corrected chi connectivity index (χ1v) is 6.53. The first-order chi connectivity index (χ1) is 9.22. The summed E-state index contributed by atoms with van der Waals surface area (Å²) in [5.74, 6) is 2.64. The average Bonchev–Trinajstić information content (AvgIpc) is 2.38. The molecule has 0 saturated carbocycles. The number of nitrogens with zero attached hydrogens (tertiary/aromatic N) is 2. The third kappa shape index (κ3) is 2.52. The molecule has 1 aromatic carbocycles. The van der Waals surface area contributed by atoms with Gasteiger partial charge in [0.15, 0.2) is 0 Å². The Morgan fingerprint density at radius 2 is 2.05 bits per heavy atom. The molecule has 2 aromatic rings. The van der Waals surface area contributed by atoms with Crippen LogP contribution < -0.4 is 10.1 Å². The van der Waals surface area contributed by atoms with Crippen LogP contribution in [0, 0.1) is 13.8 Å². The Kier molecular flexibility index (Phi) is 3.07. The molecule has 0 amide bonds. The van der Waals surface area contributed by atoms with Crippen molar-refractivity contribution in [1.29, 1.82) is 0 Å². The van der Waals surface area contributed by atoms with Gasteiger partial charge >= 0.3 is 0 Å². The first kappa shape index (κ1) is 12.0. The lowest BCUT2D eigenvalue weighted by Gasteiger charge is -2.27. The van der Waals surface area contributed by atoms with Crippen molar-refractivity contribution in [2.75, 3.05) is 11.9 Å². The number of anilines is 1. The summed E-state index contributed by atoms with van der Waals surface area (Å²) in [6.45, 7) is 4.63. The fourth-order valence-corrected chi connectivity index (χ4v) is 2.46. The van der Waals surface area contributed by atoms with Crippen molar-refractivity contribution in [3.8, 4) is 5.75 Å². The summed E-state index contributed by atoms with van der Waals surface area (Å²) in [6.07, 6.45) is 0.944. The molecule has 1 aromatic heterocycles. The lowest BCUT2D eigenvalue weighted by molar-refractivity contribution is 0.274. The monoisotopic (exact) mass is 255 g/mol. The second kappa shape index (κ2) is 4.88. The normalized spacial score (nSPS) is 17.5. The highest BCUT2D eigenvalue weighted by atomic mass is 16.5. The fourth-order valence-electron chi connectivity index (χ4n) is 2.46. The number of aromatic nitrogens is 2. The Morgan fingerprint density at radius 3 is 2.89 bits per heavy atom. The van der Waals surface area contributed by atoms with Crippen LogP contribution in [0.3, 0.4) is 0 Å². The molecule has 1 aliphatic rings. The van der Waals surface area contributed by atoms with Crippen molar-refractivity contribution >= 4 is 5.82 Å². The molecule has 1 unspecified atom stereocenters. The van der Waals surface area contributed by atoms with Gasteiger partial charge in [0.05, 0.1) is 12.6 Å². The smallest absolute Gasteiger partial charge is 0.130 e. The van der Waals surface area contributed by atoms with Crippen LogP contribution in [0.1, 0.15) is 29.5 Å². The zero-order chi connectivity index (χ0) is 13.2. The number of nitrogens with one attached hydrogen (secondary N) is 1. The molecule has 0 aliphatic carbocycles. The summed E-state index contributed by atoms with van der Waals surface area (Å²) in [5.41, 5.74) is 2.18. The lowest BCUT2D eigenvalue weighted by Crippen LogP contribution is -2.21. The van der Waals surface area contributed by atoms with Gasteiger partial charge in [-0.25, -0.2) is 9.97 Å². The maximum Gasteiger partial charge on any atom is 0.130 e. The molecule has 0 bridgehead atoms. The topological polar surface area (TPSA) is 47.0 Å². The van der Waals surface area contributed by atoms with E-state index < -0.39 is 0 Å². The van der Waals surface area contributed by atoms with Gasteiger partial charge in [-0.2, -0.15) is 0 Å². The van der Waals surface area contributed by atoms with Gasteiger partial charge in [-0.15, -0.1) is 0 Å². The van der Waals surface area contributed by atoms with E-state index in [1.165, 1.54) is 5.56 Å². The number of hydrogen-bond acceptors (Lipinski definition) is 4. The molecular weight excluding hydrogens is 238 g/mol. The van der Waals surface area contributed by atoms with Crippen LogP contribution in [0.2, 0.25) is 0 Å². The number of para-hydroxylation sites is 1. The summed E-state index contributed by atoms with van der Waals surface area (Å²) in [5, 5.41) is 3.49. The number of ether oxygens (including phenoxy) is 1. The summed E-state index contributed by atoms with van der Waals surface area (Å²) in [6, 6.07) is 10.4. The Hall–Kier alpha value is -2.10. The summed E-state index contributed by atoms with van der Waals surface area (Å²) >= 11 is 0. The minimum absolute atomic E-state index is 0.249. The van der Waals surface area contributed by atoms with Gasteiger partial charge in [0.2, 0.25) is 0 Å². The minimum atomic E-state index is 0.249. The Labute approximate surface area is 112 Å². The number of benzene rings is 1. The van der Waals surface area contributed by atoms with Gasteiger partial charge in [-0.05, 0) is 19.9 Å². The van der Waals surface area contributed by atoms with Crippen molar-refractivity contribution in [3.63, 3.8) is 0 Å². The van der Waals surface area contributed by atoms with E-state index in [0.717, 1.165) is 36.1 Å². The Morgan fingerprint density at radius 1 is 1.21 bits per heavy atom. The third-order valence-electron chi connectivity index (χ3n) is 3.25. The number of fused-ring (bicyclic) bond motifs is 1. The van der Waals surface area contributed by atoms with E-state index in [9.17, 15) is 0 Å². The van der Waals surface area contributed by atoms with E-state index in [-0.39, 0.29) is 6.04 Å². The van der Waals surface area contributed by atoms with E-state index in [1.807, 2.05) is 38.1 Å². The minimum Gasteiger partial charge on any atom is -0.493 e. The van der Waals surface area contributed by atoms with Gasteiger partial charge in [0.25, 0.3) is 0 Å². The third-order valence-corrected chi connectivity index (χ3v) is 3.25. The van der Waals surface area contributed by atoms with Crippen molar-refractivity contribution in [2.45, 2.75) is 26.3 Å². The molecule has 3 rings (SSSR count). The van der Waals surface area contributed by atoms with Crippen molar-refractivity contribution in [2.24, 2.45) is 0 Å². The van der Waals surface area contributed by atoms with Crippen LogP contribution in [0.4, 0.5) is 5.82 Å². The number of hydrogen-bond donors (Lipinski definition) is 1. The molecule has 98 valence electrons. The highest BCUT2D eigenvalue weighted by Crippen LogP contribution is 2.33. The van der Waals surface area contributed by atoms with Crippen LogP contribution in [0.15, 0.2) is 30.3 Å². The van der Waals surface area contributed by atoms with Crippen LogP contribution in [-0.4, -0.2) is 16.6 Å². The standard InChI is InChI=1S/C15H17N3O/c1-10-9-15(17-11(2)16-10)18-13-7-8-19-14-6-4-3-5-12(13)14/h3-6,9,13H,7-8H2,1-2H3,(H,16,17,18). The number of aryl methyl sites for hydroxylation is 2. The molecule has 1 N–H and O–H groups in total. The molecule has 4 nitrogen and oxygen atoms in total. The van der Waals surface area contributed by atoms with Crippen LogP contribution in [0.25, 0.3) is 0 Å². The quantitative estimate of drug-likeness (QED) is 0.896. The van der Waals surface area contributed by atoms with Gasteiger partial charge in [-0.3, -0.25) is 0 Å². The van der Waals surface area contributed by atoms with E-state index in [2.05, 4.69) is 21.4 Å². The molecular formula is C15H17N3O. The summed E-state index contributed by atoms with van der Waals surface area (Å²) < 4.78 is 5.67. The van der Waals surface area contributed by atoms with E-state index in [4.69, 9.17) is 4.74 Å². The Balaban J connectivity index is 1.88. The van der Waals surface area contributed by atoms with Crippen LogP contribution in [0.5, 0.6) is 5.75 Å². The van der Waals surface area contributed by atoms with Crippen molar-refractivity contribution in [3.05, 3.63) is 47.4 Å². The van der Waals surface area contributed by atoms with E-state index >= 15 is 0 Å². The first-order valence-electron chi connectivity index (χ1n) is 6.53. The van der Waals surface area contributed by atoms with Gasteiger partial charge in [-0.1, -0.05) is 18.2 Å². The van der Waals surface area contributed by atoms with Crippen LogP contribution >= 0.6 is 0 Å². The van der Waals surface area contributed by atoms with Gasteiger partial charge in [0.1, 0.15) is 17.4 Å². The number of rotatable bonds is 2. The summed E-state index contributed by atoms with van der Waals surface area (Å²) in [7, 11) is 0. The SMILES string of the molecule is Cc1cc(NC2CCOc3ccccc32)nc(C)n1. The molecule has 19 heavy (non-hydrogen) atoms. The fraction of sp³-hybridized carbons (Fsp3) is 0.333. The zero-order valence-electron chi connectivity index (χ0n) is 11.2. The van der Waals surface area contributed by atoms with E-state index in [0.29, 0.717) is 0 Å². The van der Waals surface area contributed by atoms with Gasteiger partial charge < -0.3 is 10.1 Å². The van der Waals surface area contributed by atoms with Crippen LogP contribution in [-0.2, 0) is 0 Å². The molecule has 1 aliphatic heterocycles. The zero-order valence-corrected chi connectivity index (χ0v) is 11.2. The molecule has 4 heteroatoms. The summed E-state index contributed by atoms with van der Waals surface area (Å²) in [4.78, 5) is 8.73. The lowest BCUT2D eigenvalue weighted by atomic mass is 10.0. The Bertz CT molecular complexity index is 577. The highest BCUT2D eigenvalue weighted by Gasteiger charge is 2.21. The maximum absolute atomic E-state index is 5.67. The predicted octanol–water partition coefficient (Wildman–Crippen LogP) is 3.03. The maximum atomic E-state index is 5.67. The molecule has 0 fully saturated rings. The second-order valence-corrected chi connectivity index (χ2v) is 4.81. The largest absolute Gasteiger partial charge is 0.493 e. The predicted molar refractivity (Wildman–Crippen MR) is 74.4 cm³/mol. The van der Waals surface area contributed by atoms with Crippen molar-refractivity contribution < 1.29 is 4.74 Å². The van der Waals surface area contributed by atoms with E-state index in [1.54, 1.807) is 0 Å². The molecule has 2 heterocycles. The molecule has 0 spiro atoms. The van der Waals surface area contributed by atoms with Crippen molar-refractivity contribution in [1.82, 2.24) is 9.97 Å². The average molecular weight is 255 g/mol. The highest BCUT2D eigenvalue weighted by molar-refractivity contribution is 5.45. The second-order valence-electron chi connectivity index (χ2n) is 4.81. The molecule has 0 radical (unpaired) electrons. The molecule has 1 atom stereocenters.